The zero-order chi connectivity index (χ0) is 12.4. The van der Waals surface area contributed by atoms with E-state index in [1.165, 1.54) is 29.5 Å². The van der Waals surface area contributed by atoms with Crippen molar-refractivity contribution in [1.82, 2.24) is 4.98 Å². The summed E-state index contributed by atoms with van der Waals surface area (Å²) in [5.74, 6) is -0.424. The van der Waals surface area contributed by atoms with E-state index in [1.54, 1.807) is 6.20 Å². The molecule has 0 bridgehead atoms. The Labute approximate surface area is 114 Å². The number of carbonyl (C=O) groups excluding carboxylic acids is 1. The molecule has 0 unspecified atom stereocenters. The Hall–Kier alpha value is -1.11. The standard InChI is InChI=1S/C10H6BrClN2O2S/c11-8-4-13-10(17-8)14-9(16)6-3-5(15)1-2-7(6)12/h1-4,15H,(H,13,14,16). The minimum absolute atomic E-state index is 0.0140. The van der Waals surface area contributed by atoms with Gasteiger partial charge in [0.1, 0.15) is 5.75 Å². The maximum atomic E-state index is 11.8. The number of thiazole rings is 1. The summed E-state index contributed by atoms with van der Waals surface area (Å²) in [5, 5.41) is 12.6. The van der Waals surface area contributed by atoms with Crippen molar-refractivity contribution in [2.24, 2.45) is 0 Å². The van der Waals surface area contributed by atoms with Gasteiger partial charge in [-0.05, 0) is 34.1 Å². The molecular weight excluding hydrogens is 328 g/mol. The number of benzene rings is 1. The molecule has 1 aromatic heterocycles. The molecule has 1 amide bonds. The van der Waals surface area contributed by atoms with Crippen LogP contribution in [0.2, 0.25) is 5.02 Å². The molecule has 0 saturated heterocycles. The van der Waals surface area contributed by atoms with Crippen LogP contribution in [-0.4, -0.2) is 16.0 Å². The van der Waals surface area contributed by atoms with E-state index in [4.69, 9.17) is 11.6 Å². The van der Waals surface area contributed by atoms with E-state index in [1.807, 2.05) is 0 Å². The second-order valence-electron chi connectivity index (χ2n) is 3.09. The van der Waals surface area contributed by atoms with E-state index in [0.717, 1.165) is 3.79 Å². The Morgan fingerprint density at radius 3 is 2.94 bits per heavy atom. The number of phenolic OH excluding ortho intramolecular Hbond substituents is 1. The van der Waals surface area contributed by atoms with Crippen molar-refractivity contribution in [3.05, 3.63) is 38.8 Å². The fourth-order valence-electron chi connectivity index (χ4n) is 1.16. The third kappa shape index (κ3) is 2.96. The zero-order valence-electron chi connectivity index (χ0n) is 8.28. The van der Waals surface area contributed by atoms with Gasteiger partial charge in [0, 0.05) is 0 Å². The molecule has 7 heteroatoms. The van der Waals surface area contributed by atoms with E-state index in [2.05, 4.69) is 26.2 Å². The maximum Gasteiger partial charge on any atom is 0.259 e. The molecular formula is C10H6BrClN2O2S. The SMILES string of the molecule is O=C(Nc1ncc(Br)s1)c1cc(O)ccc1Cl. The van der Waals surface area contributed by atoms with Crippen LogP contribution >= 0.6 is 38.9 Å². The first kappa shape index (κ1) is 12.3. The number of hydrogen-bond acceptors (Lipinski definition) is 4. The molecule has 0 atom stereocenters. The average molecular weight is 334 g/mol. The number of amides is 1. The first-order valence-corrected chi connectivity index (χ1v) is 6.46. The highest BCUT2D eigenvalue weighted by Crippen LogP contribution is 2.26. The fourth-order valence-corrected chi connectivity index (χ4v) is 2.47. The molecule has 0 aliphatic heterocycles. The lowest BCUT2D eigenvalue weighted by atomic mass is 10.2. The van der Waals surface area contributed by atoms with Crippen molar-refractivity contribution in [2.75, 3.05) is 5.32 Å². The Balaban J connectivity index is 2.22. The van der Waals surface area contributed by atoms with Gasteiger partial charge in [0.15, 0.2) is 5.13 Å². The summed E-state index contributed by atoms with van der Waals surface area (Å²) in [5.41, 5.74) is 0.206. The fraction of sp³-hybridized carbons (Fsp3) is 0. The van der Waals surface area contributed by atoms with Crippen molar-refractivity contribution in [3.63, 3.8) is 0 Å². The van der Waals surface area contributed by atoms with Crippen LogP contribution in [0.5, 0.6) is 5.75 Å². The van der Waals surface area contributed by atoms with E-state index in [-0.39, 0.29) is 16.3 Å². The third-order valence-electron chi connectivity index (χ3n) is 1.89. The van der Waals surface area contributed by atoms with Crippen LogP contribution in [0, 0.1) is 0 Å². The predicted octanol–water partition coefficient (Wildman–Crippen LogP) is 3.52. The topological polar surface area (TPSA) is 62.2 Å². The number of nitrogens with one attached hydrogen (secondary N) is 1. The molecule has 0 fully saturated rings. The number of aromatic hydroxyl groups is 1. The molecule has 17 heavy (non-hydrogen) atoms. The van der Waals surface area contributed by atoms with Gasteiger partial charge in [0.25, 0.3) is 5.91 Å². The average Bonchev–Trinajstić information content (AvgIpc) is 2.67. The predicted molar refractivity (Wildman–Crippen MR) is 70.9 cm³/mol. The lowest BCUT2D eigenvalue weighted by molar-refractivity contribution is 0.102. The van der Waals surface area contributed by atoms with Gasteiger partial charge in [-0.3, -0.25) is 10.1 Å². The largest absolute Gasteiger partial charge is 0.508 e. The van der Waals surface area contributed by atoms with E-state index < -0.39 is 5.91 Å². The van der Waals surface area contributed by atoms with Crippen LogP contribution in [0.3, 0.4) is 0 Å². The summed E-state index contributed by atoms with van der Waals surface area (Å²) in [6, 6.07) is 4.18. The van der Waals surface area contributed by atoms with Crippen molar-refractivity contribution in [1.29, 1.82) is 0 Å². The Bertz CT molecular complexity index is 573. The molecule has 0 saturated carbocycles. The smallest absolute Gasteiger partial charge is 0.259 e. The van der Waals surface area contributed by atoms with Gasteiger partial charge in [-0.1, -0.05) is 22.9 Å². The van der Waals surface area contributed by atoms with Crippen LogP contribution in [0.15, 0.2) is 28.2 Å². The van der Waals surface area contributed by atoms with Gasteiger partial charge in [-0.25, -0.2) is 4.98 Å². The van der Waals surface area contributed by atoms with E-state index >= 15 is 0 Å². The van der Waals surface area contributed by atoms with Crippen LogP contribution in [0.1, 0.15) is 10.4 Å². The molecule has 2 N–H and O–H groups in total. The highest BCUT2D eigenvalue weighted by atomic mass is 79.9. The summed E-state index contributed by atoms with van der Waals surface area (Å²) in [4.78, 5) is 15.8. The molecule has 2 rings (SSSR count). The number of rotatable bonds is 2. The van der Waals surface area contributed by atoms with E-state index in [0.29, 0.717) is 5.13 Å². The zero-order valence-corrected chi connectivity index (χ0v) is 11.4. The molecule has 88 valence electrons. The number of phenols is 1. The lowest BCUT2D eigenvalue weighted by Gasteiger charge is -2.04. The second kappa shape index (κ2) is 5.03. The summed E-state index contributed by atoms with van der Waals surface area (Å²) >= 11 is 10.4. The molecule has 1 heterocycles. The third-order valence-corrected chi connectivity index (χ3v) is 3.61. The number of carbonyl (C=O) groups is 1. The van der Waals surface area contributed by atoms with Crippen molar-refractivity contribution < 1.29 is 9.90 Å². The Kier molecular flexibility index (Phi) is 3.66. The number of halogens is 2. The van der Waals surface area contributed by atoms with Crippen LogP contribution in [-0.2, 0) is 0 Å². The van der Waals surface area contributed by atoms with Gasteiger partial charge in [-0.15, -0.1) is 0 Å². The molecule has 0 radical (unpaired) electrons. The minimum Gasteiger partial charge on any atom is -0.508 e. The normalized spacial score (nSPS) is 10.2. The second-order valence-corrected chi connectivity index (χ2v) is 5.90. The summed E-state index contributed by atoms with van der Waals surface area (Å²) in [6.07, 6.45) is 1.59. The van der Waals surface area contributed by atoms with E-state index in [9.17, 15) is 9.90 Å². The highest BCUT2D eigenvalue weighted by Gasteiger charge is 2.13. The van der Waals surface area contributed by atoms with Gasteiger partial charge in [0.2, 0.25) is 0 Å². The molecule has 1 aromatic carbocycles. The molecule has 2 aromatic rings. The van der Waals surface area contributed by atoms with Crippen LogP contribution in [0.4, 0.5) is 5.13 Å². The van der Waals surface area contributed by atoms with Crippen LogP contribution < -0.4 is 5.32 Å². The lowest BCUT2D eigenvalue weighted by Crippen LogP contribution is -2.12. The quantitative estimate of drug-likeness (QED) is 0.884. The van der Waals surface area contributed by atoms with Gasteiger partial charge < -0.3 is 5.11 Å². The van der Waals surface area contributed by atoms with Crippen molar-refractivity contribution in [2.45, 2.75) is 0 Å². The van der Waals surface area contributed by atoms with Crippen LogP contribution in [0.25, 0.3) is 0 Å². The molecule has 0 spiro atoms. The Morgan fingerprint density at radius 1 is 1.53 bits per heavy atom. The molecule has 0 aliphatic carbocycles. The Morgan fingerprint density at radius 2 is 2.29 bits per heavy atom. The number of nitrogens with zero attached hydrogens (tertiary/aromatic N) is 1. The van der Waals surface area contributed by atoms with Crippen molar-refractivity contribution >= 4 is 49.9 Å². The maximum absolute atomic E-state index is 11.8. The number of aromatic nitrogens is 1. The first-order valence-electron chi connectivity index (χ1n) is 4.47. The van der Waals surface area contributed by atoms with Gasteiger partial charge >= 0.3 is 0 Å². The minimum atomic E-state index is -0.409. The van der Waals surface area contributed by atoms with Crippen molar-refractivity contribution in [3.8, 4) is 5.75 Å². The summed E-state index contributed by atoms with van der Waals surface area (Å²) in [7, 11) is 0. The first-order chi connectivity index (χ1) is 8.06. The molecule has 0 aliphatic rings. The summed E-state index contributed by atoms with van der Waals surface area (Å²) < 4.78 is 0.815. The number of hydrogen-bond donors (Lipinski definition) is 2. The monoisotopic (exact) mass is 332 g/mol. The molecule has 4 nitrogen and oxygen atoms in total. The van der Waals surface area contributed by atoms with Gasteiger partial charge in [0.05, 0.1) is 20.6 Å². The number of anilines is 1. The highest BCUT2D eigenvalue weighted by molar-refractivity contribution is 9.11. The summed E-state index contributed by atoms with van der Waals surface area (Å²) in [6.45, 7) is 0. The van der Waals surface area contributed by atoms with Gasteiger partial charge in [-0.2, -0.15) is 0 Å².